The van der Waals surface area contributed by atoms with Crippen molar-refractivity contribution in [3.63, 3.8) is 0 Å². The number of hydrogen-bond donors (Lipinski definition) is 0. The quantitative estimate of drug-likeness (QED) is 0.694. The SMILES string of the molecule is CCCCC1OCCCCC(C)(C)O1. The van der Waals surface area contributed by atoms with E-state index in [0.717, 1.165) is 19.4 Å². The lowest BCUT2D eigenvalue weighted by atomic mass is 10.0. The maximum absolute atomic E-state index is 5.96. The summed E-state index contributed by atoms with van der Waals surface area (Å²) in [6, 6.07) is 0. The second-order valence-electron chi connectivity index (χ2n) is 4.78. The molecular weight excluding hydrogens is 176 g/mol. The fourth-order valence-electron chi connectivity index (χ4n) is 1.83. The summed E-state index contributed by atoms with van der Waals surface area (Å²) in [4.78, 5) is 0. The first-order chi connectivity index (χ1) is 6.64. The van der Waals surface area contributed by atoms with E-state index < -0.39 is 0 Å². The molecule has 1 aliphatic heterocycles. The van der Waals surface area contributed by atoms with Crippen LogP contribution in [0.1, 0.15) is 59.3 Å². The van der Waals surface area contributed by atoms with Crippen LogP contribution in [0.25, 0.3) is 0 Å². The minimum absolute atomic E-state index is 0.00116. The second-order valence-corrected chi connectivity index (χ2v) is 4.78. The smallest absolute Gasteiger partial charge is 0.158 e. The van der Waals surface area contributed by atoms with Crippen LogP contribution >= 0.6 is 0 Å². The Kier molecular flexibility index (Phi) is 4.90. The predicted molar refractivity (Wildman–Crippen MR) is 58.3 cm³/mol. The number of rotatable bonds is 3. The molecule has 1 unspecified atom stereocenters. The summed E-state index contributed by atoms with van der Waals surface area (Å²) in [5, 5.41) is 0. The Labute approximate surface area is 88.0 Å². The average Bonchev–Trinajstić information content (AvgIpc) is 2.09. The molecule has 0 spiro atoms. The van der Waals surface area contributed by atoms with Crippen molar-refractivity contribution in [2.24, 2.45) is 0 Å². The van der Waals surface area contributed by atoms with Crippen molar-refractivity contribution in [1.29, 1.82) is 0 Å². The highest BCUT2D eigenvalue weighted by Gasteiger charge is 2.25. The van der Waals surface area contributed by atoms with Crippen molar-refractivity contribution in [2.75, 3.05) is 6.61 Å². The van der Waals surface area contributed by atoms with Crippen molar-refractivity contribution in [2.45, 2.75) is 71.2 Å². The maximum atomic E-state index is 5.96. The van der Waals surface area contributed by atoms with E-state index in [9.17, 15) is 0 Å². The maximum Gasteiger partial charge on any atom is 0.158 e. The van der Waals surface area contributed by atoms with Gasteiger partial charge >= 0.3 is 0 Å². The molecule has 0 aromatic rings. The topological polar surface area (TPSA) is 18.5 Å². The molecular formula is C12H24O2. The fraction of sp³-hybridized carbons (Fsp3) is 1.00. The molecule has 14 heavy (non-hydrogen) atoms. The minimum Gasteiger partial charge on any atom is -0.353 e. The molecule has 0 aliphatic carbocycles. The van der Waals surface area contributed by atoms with Crippen LogP contribution in [0, 0.1) is 0 Å². The van der Waals surface area contributed by atoms with Gasteiger partial charge in [-0.15, -0.1) is 0 Å². The summed E-state index contributed by atoms with van der Waals surface area (Å²) in [6.07, 6.45) is 7.02. The lowest BCUT2D eigenvalue weighted by molar-refractivity contribution is -0.214. The molecule has 1 heterocycles. The average molecular weight is 200 g/mol. The van der Waals surface area contributed by atoms with Crippen molar-refractivity contribution < 1.29 is 9.47 Å². The Morgan fingerprint density at radius 2 is 2.07 bits per heavy atom. The van der Waals surface area contributed by atoms with Gasteiger partial charge in [-0.1, -0.05) is 13.3 Å². The Balaban J connectivity index is 2.38. The Morgan fingerprint density at radius 3 is 2.79 bits per heavy atom. The van der Waals surface area contributed by atoms with Gasteiger partial charge in [0, 0.05) is 6.61 Å². The third kappa shape index (κ3) is 4.43. The van der Waals surface area contributed by atoms with Crippen molar-refractivity contribution in [1.82, 2.24) is 0 Å². The van der Waals surface area contributed by atoms with E-state index >= 15 is 0 Å². The molecule has 1 fully saturated rings. The van der Waals surface area contributed by atoms with Gasteiger partial charge in [0.25, 0.3) is 0 Å². The van der Waals surface area contributed by atoms with Crippen LogP contribution in [0.15, 0.2) is 0 Å². The molecule has 0 amide bonds. The molecule has 2 nitrogen and oxygen atoms in total. The van der Waals surface area contributed by atoms with Gasteiger partial charge in [0.2, 0.25) is 0 Å². The predicted octanol–water partition coefficient (Wildman–Crippen LogP) is 3.50. The molecule has 1 atom stereocenters. The van der Waals surface area contributed by atoms with Gasteiger partial charge < -0.3 is 9.47 Å². The van der Waals surface area contributed by atoms with Crippen LogP contribution in [0.2, 0.25) is 0 Å². The highest BCUT2D eigenvalue weighted by molar-refractivity contribution is 4.71. The molecule has 84 valence electrons. The van der Waals surface area contributed by atoms with Crippen molar-refractivity contribution in [3.05, 3.63) is 0 Å². The standard InChI is InChI=1S/C12H24O2/c1-4-5-8-11-13-10-7-6-9-12(2,3)14-11/h11H,4-10H2,1-3H3. The number of hydrogen-bond acceptors (Lipinski definition) is 2. The van der Waals surface area contributed by atoms with E-state index in [1.807, 2.05) is 0 Å². The summed E-state index contributed by atoms with van der Waals surface area (Å²) in [7, 11) is 0. The van der Waals surface area contributed by atoms with Gasteiger partial charge in [-0.3, -0.25) is 0 Å². The van der Waals surface area contributed by atoms with Crippen molar-refractivity contribution in [3.8, 4) is 0 Å². The zero-order valence-electron chi connectivity index (χ0n) is 9.84. The van der Waals surface area contributed by atoms with Gasteiger partial charge in [0.15, 0.2) is 6.29 Å². The summed E-state index contributed by atoms with van der Waals surface area (Å²) in [5.74, 6) is 0. The van der Waals surface area contributed by atoms with Crippen LogP contribution in [-0.2, 0) is 9.47 Å². The Hall–Kier alpha value is -0.0800. The van der Waals surface area contributed by atoms with E-state index in [2.05, 4.69) is 20.8 Å². The third-order valence-corrected chi connectivity index (χ3v) is 2.72. The summed E-state index contributed by atoms with van der Waals surface area (Å²) in [6.45, 7) is 7.40. The second kappa shape index (κ2) is 5.72. The van der Waals surface area contributed by atoms with Gasteiger partial charge in [0.1, 0.15) is 0 Å². The third-order valence-electron chi connectivity index (χ3n) is 2.72. The normalized spacial score (nSPS) is 28.1. The first-order valence-corrected chi connectivity index (χ1v) is 5.93. The molecule has 0 bridgehead atoms. The summed E-state index contributed by atoms with van der Waals surface area (Å²) >= 11 is 0. The van der Waals surface area contributed by atoms with E-state index in [-0.39, 0.29) is 11.9 Å². The molecule has 0 aromatic heterocycles. The molecule has 0 saturated carbocycles. The zero-order valence-corrected chi connectivity index (χ0v) is 9.84. The van der Waals surface area contributed by atoms with Crippen LogP contribution in [-0.4, -0.2) is 18.5 Å². The fourth-order valence-corrected chi connectivity index (χ4v) is 1.83. The van der Waals surface area contributed by atoms with E-state index in [1.54, 1.807) is 0 Å². The lowest BCUT2D eigenvalue weighted by Crippen LogP contribution is -2.34. The number of unbranched alkanes of at least 4 members (excludes halogenated alkanes) is 1. The van der Waals surface area contributed by atoms with Crippen LogP contribution < -0.4 is 0 Å². The Morgan fingerprint density at radius 1 is 1.29 bits per heavy atom. The Bertz CT molecular complexity index is 152. The largest absolute Gasteiger partial charge is 0.353 e. The van der Waals surface area contributed by atoms with Crippen LogP contribution in [0.5, 0.6) is 0 Å². The molecule has 0 N–H and O–H groups in total. The highest BCUT2D eigenvalue weighted by Crippen LogP contribution is 2.25. The van der Waals surface area contributed by atoms with Gasteiger partial charge in [-0.25, -0.2) is 0 Å². The summed E-state index contributed by atoms with van der Waals surface area (Å²) in [5.41, 5.74) is -0.00116. The molecule has 0 radical (unpaired) electrons. The first kappa shape index (κ1) is 12.0. The molecule has 1 aliphatic rings. The van der Waals surface area contributed by atoms with Crippen LogP contribution in [0.4, 0.5) is 0 Å². The number of ether oxygens (including phenoxy) is 2. The van der Waals surface area contributed by atoms with E-state index in [0.29, 0.717) is 0 Å². The first-order valence-electron chi connectivity index (χ1n) is 5.93. The van der Waals surface area contributed by atoms with Crippen molar-refractivity contribution >= 4 is 0 Å². The molecule has 1 saturated heterocycles. The molecule has 2 heteroatoms. The van der Waals surface area contributed by atoms with Crippen LogP contribution in [0.3, 0.4) is 0 Å². The monoisotopic (exact) mass is 200 g/mol. The molecule has 0 aromatic carbocycles. The molecule has 1 rings (SSSR count). The minimum atomic E-state index is -0.00116. The van der Waals surface area contributed by atoms with Gasteiger partial charge in [-0.05, 0) is 46.0 Å². The van der Waals surface area contributed by atoms with E-state index in [1.165, 1.54) is 25.7 Å². The van der Waals surface area contributed by atoms with Gasteiger partial charge in [0.05, 0.1) is 5.60 Å². The van der Waals surface area contributed by atoms with E-state index in [4.69, 9.17) is 9.47 Å². The van der Waals surface area contributed by atoms with Gasteiger partial charge in [-0.2, -0.15) is 0 Å². The zero-order chi connectivity index (χ0) is 10.4. The lowest BCUT2D eigenvalue weighted by Gasteiger charge is -2.33. The summed E-state index contributed by atoms with van der Waals surface area (Å²) < 4.78 is 11.7. The highest BCUT2D eigenvalue weighted by atomic mass is 16.7.